The fraction of sp³-hybridized carbons (Fsp3) is 0.722. The van der Waals surface area contributed by atoms with Gasteiger partial charge in [0.25, 0.3) is 0 Å². The van der Waals surface area contributed by atoms with Gasteiger partial charge in [-0.1, -0.05) is 0 Å². The zero-order valence-corrected chi connectivity index (χ0v) is 14.3. The number of rotatable bonds is 3. The Morgan fingerprint density at radius 1 is 1.20 bits per heavy atom. The maximum atomic E-state index is 13.4. The van der Waals surface area contributed by atoms with Gasteiger partial charge in [0.1, 0.15) is 0 Å². The van der Waals surface area contributed by atoms with Crippen molar-refractivity contribution in [2.24, 2.45) is 24.8 Å². The molecule has 5 rings (SSSR count). The molecule has 0 aromatic carbocycles. The molecular weight excluding hydrogens is 331 g/mol. The summed E-state index contributed by atoms with van der Waals surface area (Å²) < 4.78 is 41.8. The Morgan fingerprint density at radius 3 is 2.20 bits per heavy atom. The van der Waals surface area contributed by atoms with Gasteiger partial charge in [0, 0.05) is 30.5 Å². The molecule has 4 aliphatic rings. The van der Waals surface area contributed by atoms with E-state index in [0.717, 1.165) is 19.3 Å². The summed E-state index contributed by atoms with van der Waals surface area (Å²) in [5.74, 6) is 1.87. The molecule has 0 unspecified atom stereocenters. The van der Waals surface area contributed by atoms with Gasteiger partial charge in [-0.3, -0.25) is 0 Å². The van der Waals surface area contributed by atoms with Gasteiger partial charge >= 0.3 is 12.2 Å². The standard InChI is InChI=1S/C18H24F3N3O/c1-24-3-2-14(10-24)15(18(19,20)21)22-16(25)23-17-7-11-4-12(8-17)6-13(5-11)9-17/h2-3,10-13,15H,4-9H2,1H3,(H2,22,23,25)/t11?,12?,13?,15-,17?/m0/s1. The van der Waals surface area contributed by atoms with Crippen LogP contribution in [0, 0.1) is 17.8 Å². The van der Waals surface area contributed by atoms with Crippen molar-refractivity contribution in [3.63, 3.8) is 0 Å². The number of nitrogens with zero attached hydrogens (tertiary/aromatic N) is 1. The number of carbonyl (C=O) groups excluding carboxylic acids is 1. The van der Waals surface area contributed by atoms with E-state index in [1.807, 2.05) is 0 Å². The second-order valence-corrected chi connectivity index (χ2v) is 8.38. The highest BCUT2D eigenvalue weighted by molar-refractivity contribution is 5.75. The molecule has 1 atom stereocenters. The van der Waals surface area contributed by atoms with Gasteiger partial charge in [0.2, 0.25) is 0 Å². The molecular formula is C18H24F3N3O. The first-order valence-corrected chi connectivity index (χ1v) is 9.00. The minimum Gasteiger partial charge on any atom is -0.357 e. The number of aryl methyl sites for hydroxylation is 1. The summed E-state index contributed by atoms with van der Waals surface area (Å²) in [6.07, 6.45) is 4.81. The van der Waals surface area contributed by atoms with E-state index in [1.165, 1.54) is 31.5 Å². The molecule has 2 amide bonds. The number of aromatic nitrogens is 1. The summed E-state index contributed by atoms with van der Waals surface area (Å²) in [6.45, 7) is 0. The molecule has 4 nitrogen and oxygen atoms in total. The Labute approximate surface area is 145 Å². The Morgan fingerprint density at radius 2 is 1.76 bits per heavy atom. The third kappa shape index (κ3) is 3.25. The summed E-state index contributed by atoms with van der Waals surface area (Å²) in [5, 5.41) is 5.12. The van der Waals surface area contributed by atoms with Crippen LogP contribution in [0.4, 0.5) is 18.0 Å². The Hall–Kier alpha value is -1.66. The lowest BCUT2D eigenvalue weighted by atomic mass is 9.53. The number of nitrogens with one attached hydrogen (secondary N) is 2. The average molecular weight is 355 g/mol. The molecule has 25 heavy (non-hydrogen) atoms. The molecule has 138 valence electrons. The molecule has 0 radical (unpaired) electrons. The van der Waals surface area contributed by atoms with Crippen molar-refractivity contribution in [3.05, 3.63) is 24.0 Å². The zero-order valence-electron chi connectivity index (χ0n) is 14.3. The highest BCUT2D eigenvalue weighted by Gasteiger charge is 2.52. The van der Waals surface area contributed by atoms with E-state index in [9.17, 15) is 18.0 Å². The van der Waals surface area contributed by atoms with E-state index in [1.54, 1.807) is 17.8 Å². The lowest BCUT2D eigenvalue weighted by molar-refractivity contribution is -0.155. The summed E-state index contributed by atoms with van der Waals surface area (Å²) >= 11 is 0. The Kier molecular flexibility index (Phi) is 3.81. The fourth-order valence-electron chi connectivity index (χ4n) is 5.72. The topological polar surface area (TPSA) is 46.1 Å². The summed E-state index contributed by atoms with van der Waals surface area (Å²) in [5.41, 5.74) is -0.248. The van der Waals surface area contributed by atoms with Crippen LogP contribution in [0.2, 0.25) is 0 Å². The molecule has 0 aliphatic heterocycles. The third-order valence-corrected chi connectivity index (χ3v) is 6.21. The van der Waals surface area contributed by atoms with Crippen LogP contribution in [0.3, 0.4) is 0 Å². The van der Waals surface area contributed by atoms with E-state index >= 15 is 0 Å². The summed E-state index contributed by atoms with van der Waals surface area (Å²) in [6, 6.07) is -1.29. The molecule has 1 heterocycles. The first-order valence-electron chi connectivity index (χ1n) is 9.00. The number of halogens is 3. The first kappa shape index (κ1) is 16.8. The van der Waals surface area contributed by atoms with Crippen LogP contribution in [0.25, 0.3) is 0 Å². The van der Waals surface area contributed by atoms with Crippen molar-refractivity contribution in [3.8, 4) is 0 Å². The quantitative estimate of drug-likeness (QED) is 0.849. The molecule has 7 heteroatoms. The number of hydrogen-bond donors (Lipinski definition) is 2. The van der Waals surface area contributed by atoms with Gasteiger partial charge in [-0.15, -0.1) is 0 Å². The molecule has 4 bridgehead atoms. The molecule has 0 saturated heterocycles. The number of carbonyl (C=O) groups is 1. The highest BCUT2D eigenvalue weighted by atomic mass is 19.4. The maximum Gasteiger partial charge on any atom is 0.412 e. The molecule has 1 aromatic heterocycles. The van der Waals surface area contributed by atoms with Gasteiger partial charge in [-0.2, -0.15) is 13.2 Å². The van der Waals surface area contributed by atoms with Crippen LogP contribution in [-0.4, -0.2) is 22.3 Å². The number of urea groups is 1. The van der Waals surface area contributed by atoms with Crippen LogP contribution in [0.15, 0.2) is 18.5 Å². The second kappa shape index (κ2) is 5.68. The largest absolute Gasteiger partial charge is 0.412 e. The van der Waals surface area contributed by atoms with Crippen molar-refractivity contribution in [1.82, 2.24) is 15.2 Å². The fourth-order valence-corrected chi connectivity index (χ4v) is 5.72. The minimum absolute atomic E-state index is 0.0515. The predicted octanol–water partition coefficient (Wildman–Crippen LogP) is 3.90. The van der Waals surface area contributed by atoms with Gasteiger partial charge in [0.05, 0.1) is 0 Å². The van der Waals surface area contributed by atoms with Gasteiger partial charge < -0.3 is 15.2 Å². The van der Waals surface area contributed by atoms with E-state index in [0.29, 0.717) is 17.8 Å². The van der Waals surface area contributed by atoms with Crippen LogP contribution in [-0.2, 0) is 7.05 Å². The zero-order chi connectivity index (χ0) is 17.8. The lowest BCUT2D eigenvalue weighted by Crippen LogP contribution is -2.62. The monoisotopic (exact) mass is 355 g/mol. The van der Waals surface area contributed by atoms with Crippen LogP contribution in [0.1, 0.15) is 50.1 Å². The number of alkyl halides is 3. The SMILES string of the molecule is Cn1ccc([C@H](NC(=O)NC23CC4CC(CC(C4)C2)C3)C(F)(F)F)c1. The van der Waals surface area contributed by atoms with Crippen molar-refractivity contribution in [2.75, 3.05) is 0 Å². The number of hydrogen-bond acceptors (Lipinski definition) is 1. The molecule has 2 N–H and O–H groups in total. The van der Waals surface area contributed by atoms with E-state index < -0.39 is 18.2 Å². The number of amides is 2. The minimum atomic E-state index is -4.53. The normalized spacial score (nSPS) is 34.8. The van der Waals surface area contributed by atoms with Gasteiger partial charge in [-0.25, -0.2) is 4.79 Å². The highest BCUT2D eigenvalue weighted by Crippen LogP contribution is 2.55. The predicted molar refractivity (Wildman–Crippen MR) is 86.8 cm³/mol. The van der Waals surface area contributed by atoms with E-state index in [4.69, 9.17) is 0 Å². The lowest BCUT2D eigenvalue weighted by Gasteiger charge is -2.56. The van der Waals surface area contributed by atoms with E-state index in [2.05, 4.69) is 10.6 Å². The molecule has 4 saturated carbocycles. The molecule has 1 aromatic rings. The Balaban J connectivity index is 1.47. The Bertz CT molecular complexity index is 631. The van der Waals surface area contributed by atoms with Gasteiger partial charge in [0.15, 0.2) is 6.04 Å². The molecule has 4 aliphatic carbocycles. The van der Waals surface area contributed by atoms with Crippen molar-refractivity contribution in [2.45, 2.75) is 56.3 Å². The summed E-state index contributed by atoms with van der Waals surface area (Å²) in [4.78, 5) is 12.4. The summed E-state index contributed by atoms with van der Waals surface area (Å²) in [7, 11) is 1.66. The van der Waals surface area contributed by atoms with Crippen molar-refractivity contribution < 1.29 is 18.0 Å². The van der Waals surface area contributed by atoms with E-state index in [-0.39, 0.29) is 11.1 Å². The van der Waals surface area contributed by atoms with Crippen LogP contribution < -0.4 is 10.6 Å². The van der Waals surface area contributed by atoms with Crippen molar-refractivity contribution in [1.29, 1.82) is 0 Å². The first-order chi connectivity index (χ1) is 11.7. The van der Waals surface area contributed by atoms with Crippen molar-refractivity contribution >= 4 is 6.03 Å². The maximum absolute atomic E-state index is 13.4. The van der Waals surface area contributed by atoms with Crippen LogP contribution >= 0.6 is 0 Å². The average Bonchev–Trinajstić information content (AvgIpc) is 2.87. The molecule has 0 spiro atoms. The van der Waals surface area contributed by atoms with Gasteiger partial charge in [-0.05, 0) is 62.3 Å². The molecule has 4 fully saturated rings. The van der Waals surface area contributed by atoms with Crippen LogP contribution in [0.5, 0.6) is 0 Å². The second-order valence-electron chi connectivity index (χ2n) is 8.38. The smallest absolute Gasteiger partial charge is 0.357 e. The third-order valence-electron chi connectivity index (χ3n) is 6.21.